The molecule has 26 heavy (non-hydrogen) atoms. The molecular weight excluding hydrogens is 338 g/mol. The normalized spacial score (nSPS) is 10.9. The van der Waals surface area contributed by atoms with Gasteiger partial charge in [0.1, 0.15) is 6.54 Å². The summed E-state index contributed by atoms with van der Waals surface area (Å²) < 4.78 is 7.35. The van der Waals surface area contributed by atoms with Gasteiger partial charge in [0.25, 0.3) is 5.56 Å². The molecule has 8 nitrogen and oxygen atoms in total. The molecule has 140 valence electrons. The molecule has 0 bridgehead atoms. The van der Waals surface area contributed by atoms with Gasteiger partial charge in [-0.25, -0.2) is 4.79 Å². The number of ether oxygens (including phenoxy) is 1. The van der Waals surface area contributed by atoms with Gasteiger partial charge in [0, 0.05) is 13.1 Å². The third-order valence-corrected chi connectivity index (χ3v) is 3.77. The molecule has 1 aromatic heterocycles. The minimum Gasteiger partial charge on any atom is -0.463 e. The van der Waals surface area contributed by atoms with Crippen LogP contribution in [-0.4, -0.2) is 33.7 Å². The maximum absolute atomic E-state index is 12.5. The Labute approximate surface area is 150 Å². The Morgan fingerprint density at radius 3 is 2.50 bits per heavy atom. The Morgan fingerprint density at radius 2 is 1.85 bits per heavy atom. The summed E-state index contributed by atoms with van der Waals surface area (Å²) in [5, 5.41) is 2.97. The standard InChI is InChI=1S/C18H23N3O5/c1-4-20-17(24)13-7-5-6-8-14(13)21(18(20)25)11-15(22)19-10-9-16(23)26-12(2)3/h5-8,12H,4,9-11H2,1-3H3,(H,19,22). The first-order valence-corrected chi connectivity index (χ1v) is 8.53. The molecule has 1 N–H and O–H groups in total. The van der Waals surface area contributed by atoms with Crippen LogP contribution in [0, 0.1) is 0 Å². The fourth-order valence-corrected chi connectivity index (χ4v) is 2.63. The number of hydrogen-bond acceptors (Lipinski definition) is 5. The molecule has 1 aromatic carbocycles. The molecule has 0 fully saturated rings. The number of nitrogens with one attached hydrogen (secondary N) is 1. The van der Waals surface area contributed by atoms with Crippen LogP contribution in [0.4, 0.5) is 0 Å². The Morgan fingerprint density at radius 1 is 1.15 bits per heavy atom. The smallest absolute Gasteiger partial charge is 0.331 e. The molecule has 0 aliphatic rings. The zero-order valence-electron chi connectivity index (χ0n) is 15.2. The molecule has 8 heteroatoms. The molecule has 1 amide bonds. The van der Waals surface area contributed by atoms with E-state index in [4.69, 9.17) is 4.74 Å². The van der Waals surface area contributed by atoms with Gasteiger partial charge in [-0.05, 0) is 32.9 Å². The van der Waals surface area contributed by atoms with Gasteiger partial charge in [-0.1, -0.05) is 12.1 Å². The van der Waals surface area contributed by atoms with Crippen LogP contribution in [-0.2, 0) is 27.4 Å². The SMILES string of the molecule is CCn1c(=O)c2ccccc2n(CC(=O)NCCC(=O)OC(C)C)c1=O. The largest absolute Gasteiger partial charge is 0.463 e. The maximum atomic E-state index is 12.5. The van der Waals surface area contributed by atoms with Crippen molar-refractivity contribution in [1.82, 2.24) is 14.5 Å². The van der Waals surface area contributed by atoms with Crippen LogP contribution >= 0.6 is 0 Å². The molecule has 0 aliphatic carbocycles. The number of esters is 1. The van der Waals surface area contributed by atoms with Crippen molar-refractivity contribution in [1.29, 1.82) is 0 Å². The summed E-state index contributed by atoms with van der Waals surface area (Å²) in [6.07, 6.45) is -0.160. The third kappa shape index (κ3) is 4.38. The topological polar surface area (TPSA) is 99.4 Å². The average molecular weight is 361 g/mol. The number of carbonyl (C=O) groups is 2. The number of para-hydroxylation sites is 1. The molecule has 0 radical (unpaired) electrons. The Kier molecular flexibility index (Phi) is 6.32. The number of amides is 1. The molecule has 1 heterocycles. The van der Waals surface area contributed by atoms with Gasteiger partial charge >= 0.3 is 11.7 Å². The van der Waals surface area contributed by atoms with Crippen molar-refractivity contribution in [2.45, 2.75) is 46.4 Å². The van der Waals surface area contributed by atoms with Crippen LogP contribution in [0.25, 0.3) is 10.9 Å². The van der Waals surface area contributed by atoms with E-state index in [9.17, 15) is 19.2 Å². The molecule has 0 atom stereocenters. The monoisotopic (exact) mass is 361 g/mol. The minimum atomic E-state index is -0.537. The number of hydrogen-bond donors (Lipinski definition) is 1. The van der Waals surface area contributed by atoms with Crippen LogP contribution in [0.3, 0.4) is 0 Å². The van der Waals surface area contributed by atoms with Crippen molar-refractivity contribution < 1.29 is 14.3 Å². The van der Waals surface area contributed by atoms with E-state index in [-0.39, 0.29) is 37.7 Å². The van der Waals surface area contributed by atoms with Gasteiger partial charge in [-0.15, -0.1) is 0 Å². The second-order valence-corrected chi connectivity index (χ2v) is 6.07. The summed E-state index contributed by atoms with van der Waals surface area (Å²) in [7, 11) is 0. The summed E-state index contributed by atoms with van der Waals surface area (Å²) in [5.74, 6) is -0.821. The van der Waals surface area contributed by atoms with Gasteiger partial charge in [0.05, 0.1) is 23.4 Å². The second-order valence-electron chi connectivity index (χ2n) is 6.07. The van der Waals surface area contributed by atoms with Crippen LogP contribution in [0.5, 0.6) is 0 Å². The van der Waals surface area contributed by atoms with Gasteiger partial charge < -0.3 is 10.1 Å². The second kappa shape index (κ2) is 8.46. The van der Waals surface area contributed by atoms with Crippen molar-refractivity contribution in [3.63, 3.8) is 0 Å². The number of benzene rings is 1. The quantitative estimate of drug-likeness (QED) is 0.730. The summed E-state index contributed by atoms with van der Waals surface area (Å²) in [6.45, 7) is 5.28. The fourth-order valence-electron chi connectivity index (χ4n) is 2.63. The summed E-state index contributed by atoms with van der Waals surface area (Å²) >= 11 is 0. The highest BCUT2D eigenvalue weighted by atomic mass is 16.5. The fraction of sp³-hybridized carbons (Fsp3) is 0.444. The lowest BCUT2D eigenvalue weighted by atomic mass is 10.2. The number of rotatable bonds is 7. The highest BCUT2D eigenvalue weighted by Crippen LogP contribution is 2.07. The van der Waals surface area contributed by atoms with Crippen molar-refractivity contribution in [3.8, 4) is 0 Å². The molecule has 0 saturated heterocycles. The first-order chi connectivity index (χ1) is 12.3. The van der Waals surface area contributed by atoms with E-state index < -0.39 is 17.6 Å². The highest BCUT2D eigenvalue weighted by molar-refractivity contribution is 5.82. The molecule has 0 spiro atoms. The number of aromatic nitrogens is 2. The number of fused-ring (bicyclic) bond motifs is 1. The van der Waals surface area contributed by atoms with Crippen molar-refractivity contribution in [3.05, 3.63) is 45.1 Å². The molecule has 0 unspecified atom stereocenters. The van der Waals surface area contributed by atoms with Gasteiger partial charge in [0.2, 0.25) is 5.91 Å². The van der Waals surface area contributed by atoms with Crippen molar-refractivity contribution in [2.24, 2.45) is 0 Å². The summed E-state index contributed by atoms with van der Waals surface area (Å²) in [4.78, 5) is 48.6. The Hall–Kier alpha value is -2.90. The minimum absolute atomic E-state index is 0.0496. The van der Waals surface area contributed by atoms with E-state index in [2.05, 4.69) is 5.32 Å². The van der Waals surface area contributed by atoms with E-state index in [0.29, 0.717) is 10.9 Å². The van der Waals surface area contributed by atoms with Crippen LogP contribution in [0.15, 0.2) is 33.9 Å². The highest BCUT2D eigenvalue weighted by Gasteiger charge is 2.14. The van der Waals surface area contributed by atoms with Crippen molar-refractivity contribution >= 4 is 22.8 Å². The molecule has 0 saturated carbocycles. The van der Waals surface area contributed by atoms with Gasteiger partial charge in [-0.3, -0.25) is 23.5 Å². The lowest BCUT2D eigenvalue weighted by molar-refractivity contribution is -0.147. The zero-order chi connectivity index (χ0) is 19.3. The van der Waals surface area contributed by atoms with E-state index in [1.54, 1.807) is 45.0 Å². The van der Waals surface area contributed by atoms with E-state index in [1.165, 1.54) is 4.57 Å². The first-order valence-electron chi connectivity index (χ1n) is 8.53. The molecule has 0 aliphatic heterocycles. The summed E-state index contributed by atoms with van der Waals surface area (Å²) in [6, 6.07) is 6.66. The lowest BCUT2D eigenvalue weighted by Crippen LogP contribution is -2.42. The molecular formula is C18H23N3O5. The average Bonchev–Trinajstić information content (AvgIpc) is 2.58. The Bertz CT molecular complexity index is 927. The number of carbonyl (C=O) groups excluding carboxylic acids is 2. The van der Waals surface area contributed by atoms with Crippen LogP contribution in [0.2, 0.25) is 0 Å². The molecule has 2 rings (SSSR count). The van der Waals surface area contributed by atoms with Crippen molar-refractivity contribution in [2.75, 3.05) is 6.54 Å². The predicted octanol–water partition coefficient (Wildman–Crippen LogP) is 0.641. The Balaban J connectivity index is 2.18. The van der Waals surface area contributed by atoms with Gasteiger partial charge in [-0.2, -0.15) is 0 Å². The van der Waals surface area contributed by atoms with Crippen LogP contribution in [0.1, 0.15) is 27.2 Å². The third-order valence-electron chi connectivity index (χ3n) is 3.77. The maximum Gasteiger partial charge on any atom is 0.331 e. The van der Waals surface area contributed by atoms with Crippen LogP contribution < -0.4 is 16.6 Å². The van der Waals surface area contributed by atoms with E-state index >= 15 is 0 Å². The lowest BCUT2D eigenvalue weighted by Gasteiger charge is -2.13. The number of nitrogens with zero attached hydrogens (tertiary/aromatic N) is 2. The summed E-state index contributed by atoms with van der Waals surface area (Å²) in [5.41, 5.74) is -0.506. The predicted molar refractivity (Wildman–Crippen MR) is 97.0 cm³/mol. The van der Waals surface area contributed by atoms with E-state index in [1.807, 2.05) is 0 Å². The van der Waals surface area contributed by atoms with Gasteiger partial charge in [0.15, 0.2) is 0 Å². The molecule has 2 aromatic rings. The van der Waals surface area contributed by atoms with E-state index in [0.717, 1.165) is 4.57 Å². The zero-order valence-corrected chi connectivity index (χ0v) is 15.2. The first kappa shape index (κ1) is 19.4.